The molecule has 0 radical (unpaired) electrons. The van der Waals surface area contributed by atoms with Gasteiger partial charge in [-0.25, -0.2) is 4.79 Å². The van der Waals surface area contributed by atoms with E-state index in [1.165, 1.54) is 23.8 Å². The van der Waals surface area contributed by atoms with Gasteiger partial charge in [0, 0.05) is 11.1 Å². The first-order valence-electron chi connectivity index (χ1n) is 6.28. The first-order valence-corrected chi connectivity index (χ1v) is 6.66. The zero-order valence-corrected chi connectivity index (χ0v) is 12.0. The molecule has 104 valence electrons. The molecular formula is C16H15ClO3. The van der Waals surface area contributed by atoms with Crippen LogP contribution in [0.3, 0.4) is 0 Å². The average molecular weight is 291 g/mol. The Bertz CT molecular complexity index is 618. The van der Waals surface area contributed by atoms with Gasteiger partial charge in [0.05, 0.1) is 0 Å². The van der Waals surface area contributed by atoms with Gasteiger partial charge in [0.15, 0.2) is 0 Å². The number of hydrogen-bond donors (Lipinski definition) is 1. The van der Waals surface area contributed by atoms with Crippen LogP contribution in [0.15, 0.2) is 42.5 Å². The molecule has 0 aliphatic carbocycles. The van der Waals surface area contributed by atoms with E-state index >= 15 is 0 Å². The van der Waals surface area contributed by atoms with Gasteiger partial charge in [-0.3, -0.25) is 0 Å². The molecule has 0 heterocycles. The molecule has 0 saturated carbocycles. The molecule has 0 bridgehead atoms. The number of carboxylic acids is 1. The number of benzene rings is 2. The molecule has 2 aromatic carbocycles. The molecule has 0 saturated heterocycles. The van der Waals surface area contributed by atoms with Crippen molar-refractivity contribution in [1.82, 2.24) is 0 Å². The molecule has 0 unspecified atom stereocenters. The topological polar surface area (TPSA) is 46.5 Å². The standard InChI is InChI=1S/C16H15ClO3/c1-10(2)11-3-6-13(7-4-11)20-15-9-12(17)5-8-14(15)16(18)19/h3-10H,1-2H3,(H,18,19). The SMILES string of the molecule is CC(C)c1ccc(Oc2cc(Cl)ccc2C(=O)O)cc1. The summed E-state index contributed by atoms with van der Waals surface area (Å²) in [4.78, 5) is 11.1. The minimum atomic E-state index is -1.05. The van der Waals surface area contributed by atoms with E-state index in [0.717, 1.165) is 0 Å². The quantitative estimate of drug-likeness (QED) is 0.866. The molecule has 1 N–H and O–H groups in total. The first kappa shape index (κ1) is 14.4. The second-order valence-corrected chi connectivity index (χ2v) is 5.21. The van der Waals surface area contributed by atoms with Gasteiger partial charge in [0.1, 0.15) is 17.1 Å². The van der Waals surface area contributed by atoms with Crippen LogP contribution >= 0.6 is 11.6 Å². The van der Waals surface area contributed by atoms with Crippen molar-refractivity contribution < 1.29 is 14.6 Å². The van der Waals surface area contributed by atoms with E-state index in [9.17, 15) is 4.79 Å². The van der Waals surface area contributed by atoms with Crippen molar-refractivity contribution in [3.8, 4) is 11.5 Å². The summed E-state index contributed by atoms with van der Waals surface area (Å²) in [7, 11) is 0. The first-order chi connectivity index (χ1) is 9.47. The third kappa shape index (κ3) is 3.31. The molecule has 0 atom stereocenters. The van der Waals surface area contributed by atoms with E-state index in [1.54, 1.807) is 0 Å². The lowest BCUT2D eigenvalue weighted by molar-refractivity contribution is 0.0694. The summed E-state index contributed by atoms with van der Waals surface area (Å²) in [6.07, 6.45) is 0. The Kier molecular flexibility index (Phi) is 4.30. The molecule has 0 fully saturated rings. The Morgan fingerprint density at radius 3 is 2.35 bits per heavy atom. The van der Waals surface area contributed by atoms with Crippen molar-refractivity contribution in [2.75, 3.05) is 0 Å². The van der Waals surface area contributed by atoms with Gasteiger partial charge < -0.3 is 9.84 Å². The van der Waals surface area contributed by atoms with Gasteiger partial charge in [-0.2, -0.15) is 0 Å². The van der Waals surface area contributed by atoms with E-state index in [1.807, 2.05) is 24.3 Å². The second-order valence-electron chi connectivity index (χ2n) is 4.77. The van der Waals surface area contributed by atoms with Crippen molar-refractivity contribution in [2.24, 2.45) is 0 Å². The molecule has 20 heavy (non-hydrogen) atoms. The van der Waals surface area contributed by atoms with Crippen LogP contribution in [0.4, 0.5) is 0 Å². The molecule has 4 heteroatoms. The number of hydrogen-bond acceptors (Lipinski definition) is 2. The fraction of sp³-hybridized carbons (Fsp3) is 0.188. The predicted octanol–water partition coefficient (Wildman–Crippen LogP) is 4.95. The fourth-order valence-electron chi connectivity index (χ4n) is 1.81. The molecule has 0 aliphatic rings. The molecule has 0 aromatic heterocycles. The van der Waals surface area contributed by atoms with Crippen molar-refractivity contribution in [3.63, 3.8) is 0 Å². The minimum absolute atomic E-state index is 0.0855. The van der Waals surface area contributed by atoms with E-state index in [0.29, 0.717) is 16.7 Å². The maximum Gasteiger partial charge on any atom is 0.339 e. The summed E-state index contributed by atoms with van der Waals surface area (Å²) < 4.78 is 5.62. The summed E-state index contributed by atoms with van der Waals surface area (Å²) in [5.41, 5.74) is 1.28. The van der Waals surface area contributed by atoms with E-state index in [4.69, 9.17) is 21.4 Å². The Hall–Kier alpha value is -2.00. The summed E-state index contributed by atoms with van der Waals surface area (Å²) in [6, 6.07) is 12.0. The van der Waals surface area contributed by atoms with Crippen LogP contribution in [0.1, 0.15) is 35.7 Å². The smallest absolute Gasteiger partial charge is 0.339 e. The lowest BCUT2D eigenvalue weighted by Gasteiger charge is -2.11. The van der Waals surface area contributed by atoms with E-state index < -0.39 is 5.97 Å². The van der Waals surface area contributed by atoms with Crippen molar-refractivity contribution in [2.45, 2.75) is 19.8 Å². The van der Waals surface area contributed by atoms with Crippen molar-refractivity contribution >= 4 is 17.6 Å². The van der Waals surface area contributed by atoms with Crippen LogP contribution in [0, 0.1) is 0 Å². The summed E-state index contributed by atoms with van der Waals surface area (Å²) in [5.74, 6) is 0.210. The molecule has 0 spiro atoms. The number of aromatic carboxylic acids is 1. The minimum Gasteiger partial charge on any atom is -0.478 e. The van der Waals surface area contributed by atoms with E-state index in [2.05, 4.69) is 13.8 Å². The Balaban J connectivity index is 2.29. The number of halogens is 1. The lowest BCUT2D eigenvalue weighted by Crippen LogP contribution is -2.00. The number of rotatable bonds is 4. The van der Waals surface area contributed by atoms with Gasteiger partial charge in [-0.15, -0.1) is 0 Å². The van der Waals surface area contributed by atoms with Crippen LogP contribution in [0.5, 0.6) is 11.5 Å². The molecular weight excluding hydrogens is 276 g/mol. The summed E-state index contributed by atoms with van der Waals surface area (Å²) >= 11 is 5.88. The second kappa shape index (κ2) is 5.97. The fourth-order valence-corrected chi connectivity index (χ4v) is 1.97. The predicted molar refractivity (Wildman–Crippen MR) is 79.0 cm³/mol. The van der Waals surface area contributed by atoms with Gasteiger partial charge in [0.2, 0.25) is 0 Å². The highest BCUT2D eigenvalue weighted by atomic mass is 35.5. The maximum atomic E-state index is 11.1. The van der Waals surface area contributed by atoms with E-state index in [-0.39, 0.29) is 11.3 Å². The third-order valence-corrected chi connectivity index (χ3v) is 3.18. The van der Waals surface area contributed by atoms with Crippen LogP contribution in [0.25, 0.3) is 0 Å². The van der Waals surface area contributed by atoms with Gasteiger partial charge in [0.25, 0.3) is 0 Å². The maximum absolute atomic E-state index is 11.1. The normalized spacial score (nSPS) is 10.6. The average Bonchev–Trinajstić information content (AvgIpc) is 2.39. The van der Waals surface area contributed by atoms with Crippen LogP contribution < -0.4 is 4.74 Å². The molecule has 0 aliphatic heterocycles. The highest BCUT2D eigenvalue weighted by Crippen LogP contribution is 2.29. The third-order valence-electron chi connectivity index (χ3n) is 2.95. The Morgan fingerprint density at radius 1 is 1.15 bits per heavy atom. The summed E-state index contributed by atoms with van der Waals surface area (Å²) in [5, 5.41) is 9.56. The monoisotopic (exact) mass is 290 g/mol. The number of carboxylic acid groups (broad SMARTS) is 1. The van der Waals surface area contributed by atoms with Crippen molar-refractivity contribution in [1.29, 1.82) is 0 Å². The highest BCUT2D eigenvalue weighted by molar-refractivity contribution is 6.30. The Labute approximate surface area is 122 Å². The van der Waals surface area contributed by atoms with Crippen LogP contribution in [-0.4, -0.2) is 11.1 Å². The molecule has 2 rings (SSSR count). The van der Waals surface area contributed by atoms with Gasteiger partial charge in [-0.1, -0.05) is 37.6 Å². The molecule has 2 aromatic rings. The zero-order valence-electron chi connectivity index (χ0n) is 11.3. The molecule has 0 amide bonds. The van der Waals surface area contributed by atoms with Crippen molar-refractivity contribution in [3.05, 3.63) is 58.6 Å². The van der Waals surface area contributed by atoms with Crippen LogP contribution in [0.2, 0.25) is 5.02 Å². The zero-order chi connectivity index (χ0) is 14.7. The van der Waals surface area contributed by atoms with Gasteiger partial charge >= 0.3 is 5.97 Å². The van der Waals surface area contributed by atoms with Crippen LogP contribution in [-0.2, 0) is 0 Å². The number of carbonyl (C=O) groups is 1. The highest BCUT2D eigenvalue weighted by Gasteiger charge is 2.12. The number of ether oxygens (including phenoxy) is 1. The Morgan fingerprint density at radius 2 is 1.80 bits per heavy atom. The lowest BCUT2D eigenvalue weighted by atomic mass is 10.0. The largest absolute Gasteiger partial charge is 0.478 e. The van der Waals surface area contributed by atoms with Gasteiger partial charge in [-0.05, 0) is 35.7 Å². The summed E-state index contributed by atoms with van der Waals surface area (Å²) in [6.45, 7) is 4.21. The molecule has 3 nitrogen and oxygen atoms in total.